The normalized spacial score (nSPS) is 14.4. The predicted octanol–water partition coefficient (Wildman–Crippen LogP) is 5.50. The van der Waals surface area contributed by atoms with Gasteiger partial charge in [0.05, 0.1) is 0 Å². The summed E-state index contributed by atoms with van der Waals surface area (Å²) in [7, 11) is 0. The molecule has 1 N–H and O–H groups in total. The van der Waals surface area contributed by atoms with Crippen molar-refractivity contribution in [2.75, 3.05) is 0 Å². The number of halogens is 2. The van der Waals surface area contributed by atoms with E-state index in [0.29, 0.717) is 0 Å². The third kappa shape index (κ3) is 4.57. The van der Waals surface area contributed by atoms with Crippen molar-refractivity contribution in [2.24, 2.45) is 0 Å². The van der Waals surface area contributed by atoms with Gasteiger partial charge in [0.2, 0.25) is 11.8 Å². The number of rotatable bonds is 10. The van der Waals surface area contributed by atoms with E-state index in [1.807, 2.05) is 6.92 Å². The molecular weight excluding hydrogens is 258 g/mol. The lowest BCUT2D eigenvalue weighted by Crippen LogP contribution is -2.24. The highest BCUT2D eigenvalue weighted by Crippen LogP contribution is 2.36. The Morgan fingerprint density at radius 1 is 0.950 bits per heavy atom. The summed E-state index contributed by atoms with van der Waals surface area (Å²) in [5.41, 5.74) is -0.0732. The fraction of sp³-hybridized carbons (Fsp3) is 0.812. The molecule has 116 valence electrons. The van der Waals surface area contributed by atoms with E-state index >= 15 is 0 Å². The van der Waals surface area contributed by atoms with Crippen LogP contribution in [0.1, 0.15) is 84.3 Å². The van der Waals surface area contributed by atoms with Gasteiger partial charge in [0, 0.05) is 5.41 Å². The van der Waals surface area contributed by atoms with Gasteiger partial charge in [0.1, 0.15) is 5.69 Å². The average molecular weight is 286 g/mol. The largest absolute Gasteiger partial charge is 0.250 e. The Kier molecular flexibility index (Phi) is 7.17. The van der Waals surface area contributed by atoms with E-state index in [4.69, 9.17) is 0 Å². The first-order valence-electron chi connectivity index (χ1n) is 7.95. The number of unbranched alkanes of at least 4 members (excludes halogenated alkanes) is 5. The minimum atomic E-state index is -0.935. The number of hydrogen-bond donors (Lipinski definition) is 1. The molecule has 4 heteroatoms. The molecular formula is C16H28F2N2. The van der Waals surface area contributed by atoms with Gasteiger partial charge < -0.3 is 0 Å². The average Bonchev–Trinajstić information content (AvgIpc) is 2.76. The Morgan fingerprint density at radius 3 is 2.00 bits per heavy atom. The molecule has 1 aromatic rings. The molecule has 0 aliphatic carbocycles. The molecule has 0 saturated carbocycles. The Bertz CT molecular complexity index is 390. The first kappa shape index (κ1) is 17.1. The summed E-state index contributed by atoms with van der Waals surface area (Å²) < 4.78 is 27.1. The van der Waals surface area contributed by atoms with Crippen molar-refractivity contribution in [3.05, 3.63) is 17.5 Å². The van der Waals surface area contributed by atoms with E-state index in [1.54, 1.807) is 0 Å². The SMILES string of the molecule is CCCCCCC(C)(CCCCC)c1n[nH]c(F)c1F. The molecule has 0 bridgehead atoms. The monoisotopic (exact) mass is 286 g/mol. The summed E-state index contributed by atoms with van der Waals surface area (Å²) in [6.07, 6.45) is 9.60. The molecule has 0 aliphatic heterocycles. The summed E-state index contributed by atoms with van der Waals surface area (Å²) >= 11 is 0. The molecule has 20 heavy (non-hydrogen) atoms. The van der Waals surface area contributed by atoms with Crippen LogP contribution >= 0.6 is 0 Å². The van der Waals surface area contributed by atoms with Gasteiger partial charge in [-0.25, -0.2) is 0 Å². The topological polar surface area (TPSA) is 28.7 Å². The number of H-pyrrole nitrogens is 1. The molecule has 0 spiro atoms. The lowest BCUT2D eigenvalue weighted by Gasteiger charge is -2.28. The van der Waals surface area contributed by atoms with E-state index in [0.717, 1.165) is 44.9 Å². The van der Waals surface area contributed by atoms with Crippen LogP contribution in [0.2, 0.25) is 0 Å². The highest BCUT2D eigenvalue weighted by molar-refractivity contribution is 5.16. The highest BCUT2D eigenvalue weighted by Gasteiger charge is 2.33. The summed E-state index contributed by atoms with van der Waals surface area (Å²) in [6, 6.07) is 0. The van der Waals surface area contributed by atoms with Gasteiger partial charge in [-0.3, -0.25) is 5.10 Å². The van der Waals surface area contributed by atoms with E-state index < -0.39 is 11.8 Å². The van der Waals surface area contributed by atoms with E-state index in [2.05, 4.69) is 24.0 Å². The Morgan fingerprint density at radius 2 is 1.50 bits per heavy atom. The molecule has 0 amide bonds. The molecule has 1 aromatic heterocycles. The minimum absolute atomic E-state index is 0.280. The maximum atomic E-state index is 13.9. The first-order chi connectivity index (χ1) is 9.55. The second-order valence-corrected chi connectivity index (χ2v) is 6.03. The van der Waals surface area contributed by atoms with Crippen LogP contribution in [0.5, 0.6) is 0 Å². The van der Waals surface area contributed by atoms with Gasteiger partial charge in [0.25, 0.3) is 0 Å². The molecule has 2 nitrogen and oxygen atoms in total. The van der Waals surface area contributed by atoms with Crippen LogP contribution in [0.4, 0.5) is 8.78 Å². The summed E-state index contributed by atoms with van der Waals surface area (Å²) in [5, 5.41) is 6.03. The molecule has 0 fully saturated rings. The third-order valence-corrected chi connectivity index (χ3v) is 4.15. The molecule has 1 atom stereocenters. The van der Waals surface area contributed by atoms with Crippen molar-refractivity contribution in [1.82, 2.24) is 10.2 Å². The lowest BCUT2D eigenvalue weighted by atomic mass is 9.77. The maximum absolute atomic E-state index is 13.9. The standard InChI is InChI=1S/C16H28F2N2/c1-4-6-8-10-12-16(3,11-9-7-5-2)14-13(17)15(18)20-19-14/h4-12H2,1-3H3,(H,19,20). The maximum Gasteiger partial charge on any atom is 0.245 e. The van der Waals surface area contributed by atoms with Gasteiger partial charge in [-0.1, -0.05) is 65.7 Å². The zero-order valence-corrected chi connectivity index (χ0v) is 13.1. The van der Waals surface area contributed by atoms with Gasteiger partial charge in [-0.2, -0.15) is 13.9 Å². The molecule has 0 radical (unpaired) electrons. The van der Waals surface area contributed by atoms with Crippen molar-refractivity contribution in [3.63, 3.8) is 0 Å². The molecule has 0 aromatic carbocycles. The predicted molar refractivity (Wildman–Crippen MR) is 78.8 cm³/mol. The van der Waals surface area contributed by atoms with Crippen LogP contribution in [-0.2, 0) is 5.41 Å². The minimum Gasteiger partial charge on any atom is -0.250 e. The van der Waals surface area contributed by atoms with Crippen LogP contribution in [0, 0.1) is 11.8 Å². The molecule has 1 heterocycles. The van der Waals surface area contributed by atoms with E-state index in [9.17, 15) is 8.78 Å². The van der Waals surface area contributed by atoms with Crippen molar-refractivity contribution in [3.8, 4) is 0 Å². The van der Waals surface area contributed by atoms with Crippen LogP contribution in [-0.4, -0.2) is 10.2 Å². The number of hydrogen-bond acceptors (Lipinski definition) is 1. The summed E-state index contributed by atoms with van der Waals surface area (Å²) in [6.45, 7) is 6.34. The van der Waals surface area contributed by atoms with Crippen molar-refractivity contribution in [1.29, 1.82) is 0 Å². The number of aromatic nitrogens is 2. The van der Waals surface area contributed by atoms with E-state index in [1.165, 1.54) is 12.8 Å². The molecule has 0 saturated heterocycles. The van der Waals surface area contributed by atoms with Crippen LogP contribution in [0.15, 0.2) is 0 Å². The van der Waals surface area contributed by atoms with Crippen molar-refractivity contribution in [2.45, 2.75) is 84.0 Å². The Hall–Kier alpha value is -0.930. The van der Waals surface area contributed by atoms with Crippen molar-refractivity contribution >= 4 is 0 Å². The molecule has 1 unspecified atom stereocenters. The third-order valence-electron chi connectivity index (χ3n) is 4.15. The zero-order chi connectivity index (χ0) is 15.0. The van der Waals surface area contributed by atoms with Gasteiger partial charge in [-0.05, 0) is 12.8 Å². The smallest absolute Gasteiger partial charge is 0.245 e. The zero-order valence-electron chi connectivity index (χ0n) is 13.1. The van der Waals surface area contributed by atoms with Crippen LogP contribution in [0.25, 0.3) is 0 Å². The Balaban J connectivity index is 2.74. The summed E-state index contributed by atoms with van der Waals surface area (Å²) in [5.74, 6) is -1.73. The number of aromatic amines is 1. The fourth-order valence-electron chi connectivity index (χ4n) is 2.78. The second kappa shape index (κ2) is 8.38. The second-order valence-electron chi connectivity index (χ2n) is 6.03. The van der Waals surface area contributed by atoms with Crippen LogP contribution in [0.3, 0.4) is 0 Å². The first-order valence-corrected chi connectivity index (χ1v) is 7.95. The van der Waals surface area contributed by atoms with E-state index in [-0.39, 0.29) is 11.1 Å². The summed E-state index contributed by atoms with van der Waals surface area (Å²) in [4.78, 5) is 0. The quantitative estimate of drug-likeness (QED) is 0.565. The number of nitrogens with one attached hydrogen (secondary N) is 1. The highest BCUT2D eigenvalue weighted by atomic mass is 19.2. The lowest BCUT2D eigenvalue weighted by molar-refractivity contribution is 0.341. The van der Waals surface area contributed by atoms with Gasteiger partial charge in [-0.15, -0.1) is 0 Å². The molecule has 1 rings (SSSR count). The van der Waals surface area contributed by atoms with Crippen LogP contribution < -0.4 is 0 Å². The fourth-order valence-corrected chi connectivity index (χ4v) is 2.78. The van der Waals surface area contributed by atoms with Gasteiger partial charge in [0.15, 0.2) is 0 Å². The number of nitrogens with zero attached hydrogens (tertiary/aromatic N) is 1. The van der Waals surface area contributed by atoms with Gasteiger partial charge >= 0.3 is 0 Å². The van der Waals surface area contributed by atoms with Crippen molar-refractivity contribution < 1.29 is 8.78 Å². The Labute approximate surface area is 121 Å². The molecule has 0 aliphatic rings.